The fourth-order valence-electron chi connectivity index (χ4n) is 3.51. The molecular formula is C20H30N6O4S. The van der Waals surface area contributed by atoms with Crippen molar-refractivity contribution < 1.29 is 17.9 Å². The van der Waals surface area contributed by atoms with Crippen LogP contribution in [-0.4, -0.2) is 70.4 Å². The zero-order valence-electron chi connectivity index (χ0n) is 17.4. The van der Waals surface area contributed by atoms with Gasteiger partial charge in [0, 0.05) is 31.5 Å². The highest BCUT2D eigenvalue weighted by molar-refractivity contribution is 7.89. The number of morpholine rings is 1. The summed E-state index contributed by atoms with van der Waals surface area (Å²) in [6.45, 7) is 3.81. The molecule has 1 aromatic rings. The summed E-state index contributed by atoms with van der Waals surface area (Å²) in [5, 5.41) is 5.99. The quantitative estimate of drug-likeness (QED) is 0.256. The second kappa shape index (κ2) is 10.7. The lowest BCUT2D eigenvalue weighted by Gasteiger charge is -2.26. The number of anilines is 1. The van der Waals surface area contributed by atoms with Crippen LogP contribution in [0.1, 0.15) is 12.8 Å². The summed E-state index contributed by atoms with van der Waals surface area (Å²) in [5.41, 5.74) is 12.1. The summed E-state index contributed by atoms with van der Waals surface area (Å²) in [4.78, 5) is 17.1. The van der Waals surface area contributed by atoms with Crippen LogP contribution in [0.15, 0.2) is 45.9 Å². The molecule has 1 aromatic carbocycles. The van der Waals surface area contributed by atoms with Gasteiger partial charge in [-0.2, -0.15) is 4.31 Å². The fraction of sp³-hybridized carbons (Fsp3) is 0.500. The molecule has 10 nitrogen and oxygen atoms in total. The van der Waals surface area contributed by atoms with Crippen LogP contribution in [0, 0.1) is 5.92 Å². The molecule has 6 N–H and O–H groups in total. The molecule has 0 bridgehead atoms. The third kappa shape index (κ3) is 6.03. The van der Waals surface area contributed by atoms with E-state index >= 15 is 0 Å². The number of sulfonamides is 1. The van der Waals surface area contributed by atoms with Gasteiger partial charge in [-0.3, -0.25) is 9.79 Å². The molecule has 0 aromatic heterocycles. The van der Waals surface area contributed by atoms with E-state index in [-0.39, 0.29) is 16.3 Å². The Morgan fingerprint density at radius 3 is 2.61 bits per heavy atom. The topological polar surface area (TPSA) is 152 Å². The highest BCUT2D eigenvalue weighted by atomic mass is 32.2. The smallest absolute Gasteiger partial charge is 0.260 e. The standard InChI is InChI=1S/C20H30N6O4S/c21-12-18(19(22)24-14-15-2-1-7-23-13-15)20(27)25-16-3-5-17(6-4-16)31(28,29)26-8-10-30-11-9-26/h3-6,12,15,23H,1-2,7-11,13-14,21H2,(H2,22,24)(H,25,27)/b18-12+. The van der Waals surface area contributed by atoms with Gasteiger partial charge in [0.1, 0.15) is 5.84 Å². The van der Waals surface area contributed by atoms with E-state index < -0.39 is 15.9 Å². The van der Waals surface area contributed by atoms with Gasteiger partial charge in [0.05, 0.1) is 23.7 Å². The number of nitrogens with two attached hydrogens (primary N) is 2. The third-order valence-corrected chi connectivity index (χ3v) is 7.24. The van der Waals surface area contributed by atoms with E-state index in [0.29, 0.717) is 44.5 Å². The Morgan fingerprint density at radius 1 is 1.29 bits per heavy atom. The SMILES string of the molecule is N/C=C(/C(=O)Nc1ccc(S(=O)(=O)N2CCOCC2)cc1)C(N)=NCC1CCCNC1. The van der Waals surface area contributed by atoms with Gasteiger partial charge in [-0.05, 0) is 56.1 Å². The van der Waals surface area contributed by atoms with Gasteiger partial charge in [0.15, 0.2) is 0 Å². The second-order valence-corrected chi connectivity index (χ2v) is 9.45. The van der Waals surface area contributed by atoms with E-state index in [2.05, 4.69) is 15.6 Å². The molecule has 2 aliphatic heterocycles. The Bertz CT molecular complexity index is 917. The normalized spacial score (nSPS) is 21.6. The highest BCUT2D eigenvalue weighted by Crippen LogP contribution is 2.20. The molecule has 170 valence electrons. The summed E-state index contributed by atoms with van der Waals surface area (Å²) < 4.78 is 32.0. The minimum Gasteiger partial charge on any atom is -0.404 e. The average molecular weight is 451 g/mol. The molecule has 2 heterocycles. The predicted octanol–water partition coefficient (Wildman–Crippen LogP) is -0.155. The average Bonchev–Trinajstić information content (AvgIpc) is 2.80. The van der Waals surface area contributed by atoms with E-state index in [1.807, 2.05) is 0 Å². The molecule has 2 fully saturated rings. The minimum atomic E-state index is -3.59. The lowest BCUT2D eigenvalue weighted by Crippen LogP contribution is -2.40. The molecule has 0 saturated carbocycles. The number of nitrogens with zero attached hydrogens (tertiary/aromatic N) is 2. The summed E-state index contributed by atoms with van der Waals surface area (Å²) in [6, 6.07) is 5.97. The van der Waals surface area contributed by atoms with E-state index in [9.17, 15) is 13.2 Å². The van der Waals surface area contributed by atoms with Crippen molar-refractivity contribution in [1.82, 2.24) is 9.62 Å². The Balaban J connectivity index is 1.62. The molecule has 3 rings (SSSR count). The molecule has 0 radical (unpaired) electrons. The Hall–Kier alpha value is -2.47. The first kappa shape index (κ1) is 23.2. The van der Waals surface area contributed by atoms with Crippen LogP contribution in [0.4, 0.5) is 5.69 Å². The van der Waals surface area contributed by atoms with Crippen molar-refractivity contribution in [2.45, 2.75) is 17.7 Å². The van der Waals surface area contributed by atoms with Crippen LogP contribution < -0.4 is 22.1 Å². The minimum absolute atomic E-state index is 0.0776. The van der Waals surface area contributed by atoms with Crippen LogP contribution in [0.25, 0.3) is 0 Å². The number of nitrogens with one attached hydrogen (secondary N) is 2. The van der Waals surface area contributed by atoms with Crippen molar-refractivity contribution in [3.05, 3.63) is 36.0 Å². The molecular weight excluding hydrogens is 420 g/mol. The number of hydrogen-bond acceptors (Lipinski definition) is 7. The van der Waals surface area contributed by atoms with Gasteiger partial charge in [0.2, 0.25) is 10.0 Å². The van der Waals surface area contributed by atoms with E-state index in [1.165, 1.54) is 28.6 Å². The number of amides is 1. The maximum absolute atomic E-state index is 12.7. The maximum Gasteiger partial charge on any atom is 0.260 e. The number of benzene rings is 1. The van der Waals surface area contributed by atoms with Gasteiger partial charge in [-0.25, -0.2) is 8.42 Å². The van der Waals surface area contributed by atoms with Crippen molar-refractivity contribution >= 4 is 27.5 Å². The fourth-order valence-corrected chi connectivity index (χ4v) is 4.92. The molecule has 2 aliphatic rings. The first-order chi connectivity index (χ1) is 14.9. The lowest BCUT2D eigenvalue weighted by molar-refractivity contribution is -0.112. The zero-order chi connectivity index (χ0) is 22.3. The largest absolute Gasteiger partial charge is 0.404 e. The number of amidine groups is 1. The molecule has 2 saturated heterocycles. The Labute approximate surface area is 182 Å². The second-order valence-electron chi connectivity index (χ2n) is 7.51. The van der Waals surface area contributed by atoms with Crippen LogP contribution in [-0.2, 0) is 19.6 Å². The molecule has 11 heteroatoms. The number of aliphatic imine (C=N–C) groups is 1. The van der Waals surface area contributed by atoms with E-state index in [0.717, 1.165) is 32.1 Å². The van der Waals surface area contributed by atoms with Crippen LogP contribution in [0.2, 0.25) is 0 Å². The van der Waals surface area contributed by atoms with Gasteiger partial charge >= 0.3 is 0 Å². The van der Waals surface area contributed by atoms with Crippen molar-refractivity contribution in [2.75, 3.05) is 51.3 Å². The first-order valence-electron chi connectivity index (χ1n) is 10.3. The Morgan fingerprint density at radius 2 is 2.00 bits per heavy atom. The van der Waals surface area contributed by atoms with Gasteiger partial charge < -0.3 is 26.8 Å². The van der Waals surface area contributed by atoms with Crippen molar-refractivity contribution in [3.8, 4) is 0 Å². The lowest BCUT2D eigenvalue weighted by atomic mass is 10.00. The summed E-state index contributed by atoms with van der Waals surface area (Å²) in [7, 11) is -3.59. The number of carbonyl (C=O) groups is 1. The molecule has 0 aliphatic carbocycles. The van der Waals surface area contributed by atoms with Crippen molar-refractivity contribution in [1.29, 1.82) is 0 Å². The predicted molar refractivity (Wildman–Crippen MR) is 119 cm³/mol. The summed E-state index contributed by atoms with van der Waals surface area (Å²) in [6.07, 6.45) is 3.29. The summed E-state index contributed by atoms with van der Waals surface area (Å²) in [5.74, 6) is -0.0401. The van der Waals surface area contributed by atoms with Crippen LogP contribution in [0.5, 0.6) is 0 Å². The van der Waals surface area contributed by atoms with Gasteiger partial charge in [0.25, 0.3) is 5.91 Å². The molecule has 1 unspecified atom stereocenters. The number of rotatable bonds is 7. The van der Waals surface area contributed by atoms with E-state index in [1.54, 1.807) is 0 Å². The van der Waals surface area contributed by atoms with Crippen molar-refractivity contribution in [2.24, 2.45) is 22.4 Å². The monoisotopic (exact) mass is 450 g/mol. The van der Waals surface area contributed by atoms with Crippen LogP contribution in [0.3, 0.4) is 0 Å². The Kier molecular flexibility index (Phi) is 8.02. The molecule has 31 heavy (non-hydrogen) atoms. The highest BCUT2D eigenvalue weighted by Gasteiger charge is 2.26. The molecule has 1 amide bonds. The van der Waals surface area contributed by atoms with E-state index in [4.69, 9.17) is 16.2 Å². The number of ether oxygens (including phenoxy) is 1. The molecule has 0 spiro atoms. The van der Waals surface area contributed by atoms with Crippen molar-refractivity contribution in [3.63, 3.8) is 0 Å². The number of hydrogen-bond donors (Lipinski definition) is 4. The number of piperidine rings is 1. The summed E-state index contributed by atoms with van der Waals surface area (Å²) >= 11 is 0. The van der Waals surface area contributed by atoms with Gasteiger partial charge in [-0.1, -0.05) is 0 Å². The van der Waals surface area contributed by atoms with Gasteiger partial charge in [-0.15, -0.1) is 0 Å². The number of carbonyl (C=O) groups excluding carboxylic acids is 1. The first-order valence-corrected chi connectivity index (χ1v) is 11.8. The molecule has 1 atom stereocenters. The maximum atomic E-state index is 12.7. The zero-order valence-corrected chi connectivity index (χ0v) is 18.2. The van der Waals surface area contributed by atoms with Crippen LogP contribution >= 0.6 is 0 Å². The third-order valence-electron chi connectivity index (χ3n) is 5.33.